The Balaban J connectivity index is 3.82. The largest absolute Gasteiger partial charge is 0.384 e. The maximum atomic E-state index is 5.96. The molecule has 0 saturated carbocycles. The molecule has 0 aliphatic heterocycles. The highest BCUT2D eigenvalue weighted by molar-refractivity contribution is 4.79. The van der Waals surface area contributed by atoms with Gasteiger partial charge in [-0.25, -0.2) is 0 Å². The van der Waals surface area contributed by atoms with Crippen molar-refractivity contribution in [2.45, 2.75) is 71.6 Å². The van der Waals surface area contributed by atoms with Crippen LogP contribution in [0.4, 0.5) is 0 Å². The van der Waals surface area contributed by atoms with Gasteiger partial charge in [-0.05, 0) is 12.8 Å². The van der Waals surface area contributed by atoms with E-state index in [4.69, 9.17) is 10.5 Å². The van der Waals surface area contributed by atoms with Gasteiger partial charge in [0, 0.05) is 19.1 Å². The normalized spacial score (nSPS) is 14.8. The maximum Gasteiger partial charge on any atom is 0.0530 e. The molecule has 2 nitrogen and oxygen atoms in total. The van der Waals surface area contributed by atoms with Crippen LogP contribution >= 0.6 is 0 Å². The number of unbranched alkanes of at least 4 members (excludes halogenated alkanes) is 5. The Bertz CT molecular complexity index is 153. The molecule has 0 spiro atoms. The van der Waals surface area contributed by atoms with Gasteiger partial charge in [-0.3, -0.25) is 0 Å². The SMILES string of the molecule is CCCCCCCCC(CN)(CCC)COC. The topological polar surface area (TPSA) is 35.2 Å². The van der Waals surface area contributed by atoms with E-state index in [1.165, 1.54) is 57.8 Å². The third kappa shape index (κ3) is 7.77. The van der Waals surface area contributed by atoms with Crippen molar-refractivity contribution in [3.63, 3.8) is 0 Å². The van der Waals surface area contributed by atoms with Gasteiger partial charge in [0.15, 0.2) is 0 Å². The minimum Gasteiger partial charge on any atom is -0.384 e. The highest BCUT2D eigenvalue weighted by Gasteiger charge is 2.26. The predicted molar refractivity (Wildman–Crippen MR) is 76.3 cm³/mol. The van der Waals surface area contributed by atoms with Crippen LogP contribution < -0.4 is 5.73 Å². The molecule has 104 valence electrons. The monoisotopic (exact) mass is 243 g/mol. The Kier molecular flexibility index (Phi) is 11.0. The first kappa shape index (κ1) is 16.9. The number of nitrogens with two attached hydrogens (primary N) is 1. The van der Waals surface area contributed by atoms with Gasteiger partial charge in [-0.2, -0.15) is 0 Å². The molecule has 0 saturated heterocycles. The molecule has 0 aliphatic carbocycles. The van der Waals surface area contributed by atoms with Crippen molar-refractivity contribution in [3.8, 4) is 0 Å². The summed E-state index contributed by atoms with van der Waals surface area (Å²) in [4.78, 5) is 0. The van der Waals surface area contributed by atoms with Crippen LogP contribution in [0, 0.1) is 5.41 Å². The molecular formula is C15H33NO. The minimum atomic E-state index is 0.244. The van der Waals surface area contributed by atoms with Gasteiger partial charge < -0.3 is 10.5 Å². The van der Waals surface area contributed by atoms with Gasteiger partial charge in [0.25, 0.3) is 0 Å². The van der Waals surface area contributed by atoms with Crippen molar-refractivity contribution >= 4 is 0 Å². The van der Waals surface area contributed by atoms with Crippen LogP contribution in [0.15, 0.2) is 0 Å². The number of methoxy groups -OCH3 is 1. The van der Waals surface area contributed by atoms with E-state index in [1.54, 1.807) is 7.11 Å². The lowest BCUT2D eigenvalue weighted by molar-refractivity contribution is 0.0681. The summed E-state index contributed by atoms with van der Waals surface area (Å²) in [7, 11) is 1.79. The van der Waals surface area contributed by atoms with Crippen LogP contribution in [-0.4, -0.2) is 20.3 Å². The molecule has 0 rings (SSSR count). The Hall–Kier alpha value is -0.0800. The van der Waals surface area contributed by atoms with Gasteiger partial charge in [0.05, 0.1) is 6.61 Å². The molecule has 2 heteroatoms. The predicted octanol–water partition coefficient (Wildman–Crippen LogP) is 4.13. The second kappa shape index (κ2) is 11.0. The fraction of sp³-hybridized carbons (Fsp3) is 1.00. The summed E-state index contributed by atoms with van der Waals surface area (Å²) in [5, 5.41) is 0. The standard InChI is InChI=1S/C15H33NO/c1-4-6-7-8-9-10-12-15(13-16,11-5-2)14-17-3/h4-14,16H2,1-3H3. The number of hydrogen-bond acceptors (Lipinski definition) is 2. The van der Waals surface area contributed by atoms with Crippen molar-refractivity contribution in [1.82, 2.24) is 0 Å². The summed E-state index contributed by atoms with van der Waals surface area (Å²) in [5.41, 5.74) is 6.21. The second-order valence-electron chi connectivity index (χ2n) is 5.40. The molecule has 0 aromatic heterocycles. The van der Waals surface area contributed by atoms with Crippen molar-refractivity contribution < 1.29 is 4.74 Å². The average Bonchev–Trinajstić information content (AvgIpc) is 2.34. The van der Waals surface area contributed by atoms with Gasteiger partial charge in [-0.15, -0.1) is 0 Å². The van der Waals surface area contributed by atoms with Crippen molar-refractivity contribution in [1.29, 1.82) is 0 Å². The first-order chi connectivity index (χ1) is 8.24. The van der Waals surface area contributed by atoms with E-state index in [0.717, 1.165) is 13.2 Å². The van der Waals surface area contributed by atoms with E-state index < -0.39 is 0 Å². The van der Waals surface area contributed by atoms with Crippen LogP contribution in [0.3, 0.4) is 0 Å². The fourth-order valence-corrected chi connectivity index (χ4v) is 2.65. The number of hydrogen-bond donors (Lipinski definition) is 1. The van der Waals surface area contributed by atoms with Gasteiger partial charge in [-0.1, -0.05) is 58.8 Å². The zero-order valence-electron chi connectivity index (χ0n) is 12.3. The smallest absolute Gasteiger partial charge is 0.0530 e. The molecule has 0 aliphatic rings. The van der Waals surface area contributed by atoms with E-state index in [9.17, 15) is 0 Å². The minimum absolute atomic E-state index is 0.244. The zero-order valence-corrected chi connectivity index (χ0v) is 12.3. The molecule has 2 N–H and O–H groups in total. The molecule has 1 unspecified atom stereocenters. The third-order valence-corrected chi connectivity index (χ3v) is 3.72. The van der Waals surface area contributed by atoms with E-state index in [-0.39, 0.29) is 5.41 Å². The lowest BCUT2D eigenvalue weighted by atomic mass is 9.79. The molecule has 17 heavy (non-hydrogen) atoms. The van der Waals surface area contributed by atoms with E-state index in [1.807, 2.05) is 0 Å². The highest BCUT2D eigenvalue weighted by atomic mass is 16.5. The maximum absolute atomic E-state index is 5.96. The van der Waals surface area contributed by atoms with Crippen molar-refractivity contribution in [2.24, 2.45) is 11.1 Å². The lowest BCUT2D eigenvalue weighted by Crippen LogP contribution is -2.35. The van der Waals surface area contributed by atoms with Crippen molar-refractivity contribution in [3.05, 3.63) is 0 Å². The Morgan fingerprint density at radius 2 is 1.53 bits per heavy atom. The lowest BCUT2D eigenvalue weighted by Gasteiger charge is -2.31. The molecule has 0 amide bonds. The molecule has 0 aromatic carbocycles. The Morgan fingerprint density at radius 1 is 0.882 bits per heavy atom. The van der Waals surface area contributed by atoms with Gasteiger partial charge >= 0.3 is 0 Å². The quantitative estimate of drug-likeness (QED) is 0.523. The fourth-order valence-electron chi connectivity index (χ4n) is 2.65. The third-order valence-electron chi connectivity index (χ3n) is 3.72. The second-order valence-corrected chi connectivity index (χ2v) is 5.40. The van der Waals surface area contributed by atoms with Crippen LogP contribution in [0.25, 0.3) is 0 Å². The van der Waals surface area contributed by atoms with Crippen LogP contribution in [0.1, 0.15) is 71.6 Å². The van der Waals surface area contributed by atoms with Crippen LogP contribution in [-0.2, 0) is 4.74 Å². The number of ether oxygens (including phenoxy) is 1. The van der Waals surface area contributed by atoms with E-state index >= 15 is 0 Å². The van der Waals surface area contributed by atoms with Crippen LogP contribution in [0.5, 0.6) is 0 Å². The summed E-state index contributed by atoms with van der Waals surface area (Å²) in [6, 6.07) is 0. The highest BCUT2D eigenvalue weighted by Crippen LogP contribution is 2.30. The molecule has 0 bridgehead atoms. The van der Waals surface area contributed by atoms with Gasteiger partial charge in [0.2, 0.25) is 0 Å². The summed E-state index contributed by atoms with van der Waals surface area (Å²) in [6.45, 7) is 6.09. The summed E-state index contributed by atoms with van der Waals surface area (Å²) < 4.78 is 5.37. The summed E-state index contributed by atoms with van der Waals surface area (Å²) in [6.07, 6.45) is 11.8. The first-order valence-corrected chi connectivity index (χ1v) is 7.43. The summed E-state index contributed by atoms with van der Waals surface area (Å²) in [5.74, 6) is 0. The molecule has 0 aromatic rings. The molecular weight excluding hydrogens is 210 g/mol. The Labute approximate surface area is 108 Å². The Morgan fingerprint density at radius 3 is 2.06 bits per heavy atom. The van der Waals surface area contributed by atoms with Crippen LogP contribution in [0.2, 0.25) is 0 Å². The van der Waals surface area contributed by atoms with Crippen molar-refractivity contribution in [2.75, 3.05) is 20.3 Å². The van der Waals surface area contributed by atoms with E-state index in [2.05, 4.69) is 13.8 Å². The molecule has 0 heterocycles. The first-order valence-electron chi connectivity index (χ1n) is 7.43. The van der Waals surface area contributed by atoms with E-state index in [0.29, 0.717) is 0 Å². The number of rotatable bonds is 12. The van der Waals surface area contributed by atoms with Gasteiger partial charge in [0.1, 0.15) is 0 Å². The molecule has 0 radical (unpaired) electrons. The average molecular weight is 243 g/mol. The molecule has 1 atom stereocenters. The zero-order chi connectivity index (χ0) is 13.0. The molecule has 0 fully saturated rings. The summed E-state index contributed by atoms with van der Waals surface area (Å²) >= 11 is 0.